The Balaban J connectivity index is 2.36. The van der Waals surface area contributed by atoms with Gasteiger partial charge < -0.3 is 4.57 Å². The molecule has 0 saturated carbocycles. The molecule has 0 atom stereocenters. The lowest BCUT2D eigenvalue weighted by molar-refractivity contribution is 0.640. The maximum atomic E-state index is 11.5. The molecular weight excluding hydrogens is 260 g/mol. The Hall–Kier alpha value is -1.43. The first-order valence-electron chi connectivity index (χ1n) is 4.35. The van der Waals surface area contributed by atoms with E-state index < -0.39 is 0 Å². The van der Waals surface area contributed by atoms with Crippen molar-refractivity contribution >= 4 is 15.9 Å². The van der Waals surface area contributed by atoms with Crippen LogP contribution < -0.4 is 5.56 Å². The fourth-order valence-electron chi connectivity index (χ4n) is 1.24. The van der Waals surface area contributed by atoms with Gasteiger partial charge in [0.25, 0.3) is 5.56 Å². The largest absolute Gasteiger partial charge is 0.307 e. The number of aromatic nitrogens is 4. The van der Waals surface area contributed by atoms with Gasteiger partial charge in [0.15, 0.2) is 0 Å². The van der Waals surface area contributed by atoms with Gasteiger partial charge >= 0.3 is 0 Å². The van der Waals surface area contributed by atoms with E-state index in [1.54, 1.807) is 28.6 Å². The number of nitrogens with zero attached hydrogens (tertiary/aromatic N) is 4. The molecule has 2 heterocycles. The van der Waals surface area contributed by atoms with E-state index in [1.807, 2.05) is 0 Å². The van der Waals surface area contributed by atoms with Crippen LogP contribution in [-0.2, 0) is 13.6 Å². The van der Waals surface area contributed by atoms with Crippen molar-refractivity contribution in [3.63, 3.8) is 0 Å². The van der Waals surface area contributed by atoms with Crippen LogP contribution in [0.2, 0.25) is 0 Å². The quantitative estimate of drug-likeness (QED) is 0.809. The van der Waals surface area contributed by atoms with Gasteiger partial charge in [0.2, 0.25) is 0 Å². The molecule has 0 radical (unpaired) electrons. The van der Waals surface area contributed by atoms with E-state index in [0.29, 0.717) is 6.54 Å². The number of pyridine rings is 1. The fourth-order valence-corrected chi connectivity index (χ4v) is 1.62. The predicted molar refractivity (Wildman–Crippen MR) is 58.5 cm³/mol. The van der Waals surface area contributed by atoms with E-state index in [-0.39, 0.29) is 5.56 Å². The number of aryl methyl sites for hydroxylation is 1. The summed E-state index contributed by atoms with van der Waals surface area (Å²) in [7, 11) is 1.80. The smallest absolute Gasteiger partial charge is 0.250 e. The summed E-state index contributed by atoms with van der Waals surface area (Å²) in [5.74, 6) is 0.746. The highest BCUT2D eigenvalue weighted by Gasteiger charge is 2.03. The number of hydrogen-bond donors (Lipinski definition) is 0. The zero-order chi connectivity index (χ0) is 10.8. The van der Waals surface area contributed by atoms with Crippen LogP contribution in [0.5, 0.6) is 0 Å². The Bertz CT molecular complexity index is 531. The number of halogens is 1. The zero-order valence-corrected chi connectivity index (χ0v) is 9.68. The van der Waals surface area contributed by atoms with Crippen molar-refractivity contribution in [2.75, 3.05) is 0 Å². The lowest BCUT2D eigenvalue weighted by Gasteiger charge is -2.04. The van der Waals surface area contributed by atoms with E-state index in [4.69, 9.17) is 0 Å². The molecule has 6 heteroatoms. The molecule has 2 rings (SSSR count). The van der Waals surface area contributed by atoms with Crippen LogP contribution in [0.15, 0.2) is 33.9 Å². The summed E-state index contributed by atoms with van der Waals surface area (Å²) in [6.07, 6.45) is 3.20. The molecule has 0 unspecified atom stereocenters. The molecule has 0 spiro atoms. The zero-order valence-electron chi connectivity index (χ0n) is 8.09. The molecule has 0 N–H and O–H groups in total. The molecule has 0 aliphatic carbocycles. The molecule has 0 aliphatic rings. The van der Waals surface area contributed by atoms with E-state index in [0.717, 1.165) is 10.3 Å². The van der Waals surface area contributed by atoms with Crippen molar-refractivity contribution in [1.29, 1.82) is 0 Å². The van der Waals surface area contributed by atoms with Gasteiger partial charge in [0.05, 0.1) is 6.54 Å². The molecule has 0 saturated heterocycles. The van der Waals surface area contributed by atoms with Crippen LogP contribution in [0.25, 0.3) is 0 Å². The third-order valence-electron chi connectivity index (χ3n) is 2.06. The molecule has 15 heavy (non-hydrogen) atoms. The maximum Gasteiger partial charge on any atom is 0.250 e. The van der Waals surface area contributed by atoms with Gasteiger partial charge in [-0.15, -0.1) is 0 Å². The number of rotatable bonds is 2. The van der Waals surface area contributed by atoms with Crippen molar-refractivity contribution in [1.82, 2.24) is 19.3 Å². The summed E-state index contributed by atoms with van der Waals surface area (Å²) in [4.78, 5) is 15.6. The molecule has 0 aromatic carbocycles. The van der Waals surface area contributed by atoms with Gasteiger partial charge in [-0.05, 0) is 22.0 Å². The highest BCUT2D eigenvalue weighted by atomic mass is 79.9. The molecule has 0 aliphatic heterocycles. The van der Waals surface area contributed by atoms with E-state index in [2.05, 4.69) is 26.0 Å². The van der Waals surface area contributed by atoms with Crippen molar-refractivity contribution in [3.05, 3.63) is 45.3 Å². The molecular formula is C9H9BrN4O. The second-order valence-electron chi connectivity index (χ2n) is 3.11. The Morgan fingerprint density at radius 2 is 2.27 bits per heavy atom. The van der Waals surface area contributed by atoms with Gasteiger partial charge in [-0.25, -0.2) is 4.98 Å². The first-order valence-corrected chi connectivity index (χ1v) is 5.15. The highest BCUT2D eigenvalue weighted by molar-refractivity contribution is 9.10. The van der Waals surface area contributed by atoms with Crippen molar-refractivity contribution in [2.24, 2.45) is 7.05 Å². The average molecular weight is 269 g/mol. The Morgan fingerprint density at radius 3 is 2.93 bits per heavy atom. The lowest BCUT2D eigenvalue weighted by Crippen LogP contribution is -2.20. The molecule has 0 fully saturated rings. The minimum atomic E-state index is -0.0544. The number of hydrogen-bond acceptors (Lipinski definition) is 3. The minimum Gasteiger partial charge on any atom is -0.307 e. The van der Waals surface area contributed by atoms with Crippen LogP contribution in [-0.4, -0.2) is 19.3 Å². The van der Waals surface area contributed by atoms with Gasteiger partial charge in [-0.3, -0.25) is 9.48 Å². The summed E-state index contributed by atoms with van der Waals surface area (Å²) < 4.78 is 4.09. The summed E-state index contributed by atoms with van der Waals surface area (Å²) in [6.45, 7) is 0.425. The van der Waals surface area contributed by atoms with Gasteiger partial charge in [0.1, 0.15) is 12.2 Å². The van der Waals surface area contributed by atoms with Crippen molar-refractivity contribution in [2.45, 2.75) is 6.54 Å². The van der Waals surface area contributed by atoms with Gasteiger partial charge in [0, 0.05) is 23.8 Å². The second-order valence-corrected chi connectivity index (χ2v) is 4.03. The van der Waals surface area contributed by atoms with Gasteiger partial charge in [-0.2, -0.15) is 5.10 Å². The SMILES string of the molecule is Cn1ncnc1Cn1cc(Br)ccc1=O. The molecule has 2 aromatic heterocycles. The summed E-state index contributed by atoms with van der Waals surface area (Å²) >= 11 is 3.32. The predicted octanol–water partition coefficient (Wildman–Crippen LogP) is 0.788. The van der Waals surface area contributed by atoms with Crippen LogP contribution in [0.1, 0.15) is 5.82 Å². The molecule has 2 aromatic rings. The van der Waals surface area contributed by atoms with Crippen LogP contribution in [0.4, 0.5) is 0 Å². The van der Waals surface area contributed by atoms with Crippen molar-refractivity contribution < 1.29 is 0 Å². The van der Waals surface area contributed by atoms with Crippen LogP contribution in [0, 0.1) is 0 Å². The Labute approximate surface area is 94.5 Å². The summed E-state index contributed by atoms with van der Waals surface area (Å²) in [6, 6.07) is 3.23. The second kappa shape index (κ2) is 3.98. The summed E-state index contributed by atoms with van der Waals surface area (Å²) in [5.41, 5.74) is -0.0544. The van der Waals surface area contributed by atoms with E-state index in [1.165, 1.54) is 12.4 Å². The third-order valence-corrected chi connectivity index (χ3v) is 2.53. The van der Waals surface area contributed by atoms with Crippen LogP contribution in [0.3, 0.4) is 0 Å². The first kappa shape index (κ1) is 10.1. The fraction of sp³-hybridized carbons (Fsp3) is 0.222. The Kier molecular flexibility index (Phi) is 2.68. The summed E-state index contributed by atoms with van der Waals surface area (Å²) in [5, 5.41) is 3.94. The van der Waals surface area contributed by atoms with Crippen LogP contribution >= 0.6 is 15.9 Å². The molecule has 0 bridgehead atoms. The maximum absolute atomic E-state index is 11.5. The average Bonchev–Trinajstić information content (AvgIpc) is 2.58. The molecule has 78 valence electrons. The topological polar surface area (TPSA) is 52.7 Å². The molecule has 0 amide bonds. The standard InChI is InChI=1S/C9H9BrN4O/c1-13-8(11-6-12-13)5-14-4-7(10)2-3-9(14)15/h2-4,6H,5H2,1H3. The highest BCUT2D eigenvalue weighted by Crippen LogP contribution is 2.05. The normalized spacial score (nSPS) is 10.5. The van der Waals surface area contributed by atoms with E-state index >= 15 is 0 Å². The lowest BCUT2D eigenvalue weighted by atomic mass is 10.4. The monoisotopic (exact) mass is 268 g/mol. The molecule has 5 nitrogen and oxygen atoms in total. The minimum absolute atomic E-state index is 0.0544. The Morgan fingerprint density at radius 1 is 1.47 bits per heavy atom. The first-order chi connectivity index (χ1) is 7.16. The third kappa shape index (κ3) is 2.15. The van der Waals surface area contributed by atoms with Crippen molar-refractivity contribution in [3.8, 4) is 0 Å². The van der Waals surface area contributed by atoms with Gasteiger partial charge in [-0.1, -0.05) is 0 Å². The van der Waals surface area contributed by atoms with E-state index in [9.17, 15) is 4.79 Å².